The van der Waals surface area contributed by atoms with Gasteiger partial charge in [-0.2, -0.15) is 0 Å². The molecule has 30 heavy (non-hydrogen) atoms. The number of nitrogens with one attached hydrogen (secondary N) is 1. The van der Waals surface area contributed by atoms with Crippen molar-refractivity contribution in [3.8, 4) is 5.75 Å². The molecule has 4 rings (SSSR count). The Kier molecular flexibility index (Phi) is 4.98. The molecule has 0 bridgehead atoms. The van der Waals surface area contributed by atoms with Crippen molar-refractivity contribution in [1.29, 1.82) is 0 Å². The van der Waals surface area contributed by atoms with Gasteiger partial charge in [0.05, 0.1) is 12.0 Å². The first-order chi connectivity index (χ1) is 14.3. The number of H-pyrrole nitrogens is 1. The van der Waals surface area contributed by atoms with Gasteiger partial charge in [0, 0.05) is 42.0 Å². The third kappa shape index (κ3) is 3.52. The number of fused-ring (bicyclic) bond motifs is 1. The van der Waals surface area contributed by atoms with E-state index < -0.39 is 14.8 Å². The first kappa shape index (κ1) is 20.0. The van der Waals surface area contributed by atoms with Crippen LogP contribution in [-0.4, -0.2) is 44.8 Å². The van der Waals surface area contributed by atoms with Crippen LogP contribution in [0, 0.1) is 10.1 Å². The minimum atomic E-state index is -3.72. The van der Waals surface area contributed by atoms with Gasteiger partial charge in [-0.15, -0.1) is 0 Å². The van der Waals surface area contributed by atoms with E-state index >= 15 is 0 Å². The van der Waals surface area contributed by atoms with Crippen LogP contribution in [0.4, 0.5) is 11.4 Å². The zero-order chi connectivity index (χ0) is 21.5. The second-order valence-corrected chi connectivity index (χ2v) is 9.18. The largest absolute Gasteiger partial charge is 0.497 e. The summed E-state index contributed by atoms with van der Waals surface area (Å²) in [6.45, 7) is 0.983. The number of hydrogen-bond donors (Lipinski definition) is 1. The van der Waals surface area contributed by atoms with Gasteiger partial charge < -0.3 is 14.6 Å². The summed E-state index contributed by atoms with van der Waals surface area (Å²) >= 11 is 0. The molecule has 2 heterocycles. The number of methoxy groups -OCH3 is 1. The van der Waals surface area contributed by atoms with E-state index in [4.69, 9.17) is 4.74 Å². The zero-order valence-corrected chi connectivity index (χ0v) is 17.4. The second-order valence-electron chi connectivity index (χ2n) is 7.19. The maximum atomic E-state index is 12.0. The molecule has 1 N–H and O–H groups in total. The Morgan fingerprint density at radius 2 is 2.03 bits per heavy atom. The van der Waals surface area contributed by atoms with Crippen molar-refractivity contribution in [1.82, 2.24) is 4.98 Å². The van der Waals surface area contributed by atoms with Gasteiger partial charge in [-0.05, 0) is 42.3 Å². The number of nitrogens with zero attached hydrogens (tertiary/aromatic N) is 2. The number of anilines is 1. The van der Waals surface area contributed by atoms with E-state index in [0.29, 0.717) is 25.2 Å². The van der Waals surface area contributed by atoms with Gasteiger partial charge in [-0.25, -0.2) is 8.42 Å². The van der Waals surface area contributed by atoms with Crippen LogP contribution < -0.4 is 9.64 Å². The monoisotopic (exact) mass is 427 g/mol. The second kappa shape index (κ2) is 7.49. The predicted octanol–water partition coefficient (Wildman–Crippen LogP) is 3.78. The molecular weight excluding hydrogens is 406 g/mol. The number of hydrogen-bond acceptors (Lipinski definition) is 6. The quantitative estimate of drug-likeness (QED) is 0.491. The zero-order valence-electron chi connectivity index (χ0n) is 16.6. The molecule has 8 nitrogen and oxygen atoms in total. The molecule has 0 spiro atoms. The van der Waals surface area contributed by atoms with Crippen molar-refractivity contribution in [3.63, 3.8) is 0 Å². The normalized spacial score (nSPS) is 14.6. The molecule has 0 fully saturated rings. The van der Waals surface area contributed by atoms with Gasteiger partial charge in [0.2, 0.25) is 0 Å². The summed E-state index contributed by atoms with van der Waals surface area (Å²) in [4.78, 5) is 15.9. The molecule has 1 aromatic heterocycles. The number of aromatic amines is 1. The molecule has 0 saturated heterocycles. The maximum Gasteiger partial charge on any atom is 0.311 e. The first-order valence-corrected chi connectivity index (χ1v) is 11.3. The van der Waals surface area contributed by atoms with Crippen molar-refractivity contribution in [3.05, 3.63) is 64.3 Å². The number of ether oxygens (including phenoxy) is 1. The predicted molar refractivity (Wildman–Crippen MR) is 116 cm³/mol. The minimum Gasteiger partial charge on any atom is -0.497 e. The standard InChI is InChI=1S/C21H21N3O5S/c1-29-15-6-7-18-16(12-15)17(13-22-18)14-8-10-23(11-9-14)19-4-3-5-20(30(2,27)28)21(19)24(25)26/h3-8,12-13,22H,9-11H2,1-2H3. The Hall–Kier alpha value is -3.33. The van der Waals surface area contributed by atoms with Crippen LogP contribution in [-0.2, 0) is 9.84 Å². The van der Waals surface area contributed by atoms with Crippen molar-refractivity contribution in [2.24, 2.45) is 0 Å². The minimum absolute atomic E-state index is 0.261. The molecule has 1 aliphatic rings. The van der Waals surface area contributed by atoms with E-state index in [1.165, 1.54) is 6.07 Å². The summed E-state index contributed by atoms with van der Waals surface area (Å²) in [5.41, 5.74) is 3.16. The van der Waals surface area contributed by atoms with Crippen LogP contribution in [0.15, 0.2) is 53.6 Å². The van der Waals surface area contributed by atoms with Gasteiger partial charge >= 0.3 is 5.69 Å². The highest BCUT2D eigenvalue weighted by Gasteiger charge is 2.29. The number of nitro benzene ring substituents is 1. The van der Waals surface area contributed by atoms with E-state index in [9.17, 15) is 18.5 Å². The van der Waals surface area contributed by atoms with Crippen molar-refractivity contribution >= 4 is 37.7 Å². The Labute approximate surface area is 173 Å². The van der Waals surface area contributed by atoms with Crippen LogP contribution >= 0.6 is 0 Å². The van der Waals surface area contributed by atoms with Crippen LogP contribution in [0.3, 0.4) is 0 Å². The number of benzene rings is 2. The van der Waals surface area contributed by atoms with E-state index in [-0.39, 0.29) is 10.6 Å². The van der Waals surface area contributed by atoms with Crippen LogP contribution in [0.25, 0.3) is 16.5 Å². The molecule has 0 aliphatic carbocycles. The number of sulfone groups is 1. The highest BCUT2D eigenvalue weighted by Crippen LogP contribution is 2.37. The fourth-order valence-electron chi connectivity index (χ4n) is 3.87. The lowest BCUT2D eigenvalue weighted by atomic mass is 9.98. The van der Waals surface area contributed by atoms with Crippen molar-refractivity contribution in [2.45, 2.75) is 11.3 Å². The lowest BCUT2D eigenvalue weighted by molar-refractivity contribution is -0.387. The van der Waals surface area contributed by atoms with E-state index in [0.717, 1.165) is 34.0 Å². The summed E-state index contributed by atoms with van der Waals surface area (Å²) in [6, 6.07) is 10.3. The summed E-state index contributed by atoms with van der Waals surface area (Å²) in [6.07, 6.45) is 5.64. The highest BCUT2D eigenvalue weighted by molar-refractivity contribution is 7.90. The molecular formula is C21H21N3O5S. The Bertz CT molecular complexity index is 1280. The highest BCUT2D eigenvalue weighted by atomic mass is 32.2. The summed E-state index contributed by atoms with van der Waals surface area (Å²) in [7, 11) is -2.09. The van der Waals surface area contributed by atoms with Crippen LogP contribution in [0.5, 0.6) is 5.75 Å². The van der Waals surface area contributed by atoms with Gasteiger partial charge in [0.1, 0.15) is 16.3 Å². The van der Waals surface area contributed by atoms with Crippen molar-refractivity contribution < 1.29 is 18.1 Å². The van der Waals surface area contributed by atoms with Gasteiger partial charge in [-0.3, -0.25) is 10.1 Å². The molecule has 1 aliphatic heterocycles. The van der Waals surface area contributed by atoms with Gasteiger partial charge in [0.25, 0.3) is 0 Å². The average Bonchev–Trinajstić information content (AvgIpc) is 3.15. The molecule has 0 saturated carbocycles. The Morgan fingerprint density at radius 1 is 1.23 bits per heavy atom. The molecule has 3 aromatic rings. The average molecular weight is 427 g/mol. The topological polar surface area (TPSA) is 106 Å². The Morgan fingerprint density at radius 3 is 2.67 bits per heavy atom. The number of aromatic nitrogens is 1. The maximum absolute atomic E-state index is 12.0. The molecule has 0 radical (unpaired) electrons. The van der Waals surface area contributed by atoms with Crippen LogP contribution in [0.2, 0.25) is 0 Å². The number of rotatable bonds is 5. The molecule has 0 amide bonds. The Balaban J connectivity index is 1.69. The van der Waals surface area contributed by atoms with Gasteiger partial charge in [0.15, 0.2) is 9.84 Å². The number of para-hydroxylation sites is 1. The molecule has 9 heteroatoms. The molecule has 156 valence electrons. The third-order valence-corrected chi connectivity index (χ3v) is 6.47. The van der Waals surface area contributed by atoms with Crippen molar-refractivity contribution in [2.75, 3.05) is 31.4 Å². The smallest absolute Gasteiger partial charge is 0.311 e. The number of nitro groups is 1. The molecule has 0 unspecified atom stereocenters. The lowest BCUT2D eigenvalue weighted by Gasteiger charge is -2.28. The summed E-state index contributed by atoms with van der Waals surface area (Å²) < 4.78 is 29.4. The SMILES string of the molecule is COc1ccc2[nH]cc(C3=CCN(c4cccc(S(C)(=O)=O)c4[N+](=O)[O-])CC3)c2c1. The fourth-order valence-corrected chi connectivity index (χ4v) is 4.73. The first-order valence-electron chi connectivity index (χ1n) is 9.36. The molecule has 2 aromatic carbocycles. The summed E-state index contributed by atoms with van der Waals surface area (Å²) in [5.74, 6) is 0.773. The molecule has 0 atom stereocenters. The third-order valence-electron chi connectivity index (χ3n) is 5.34. The van der Waals surface area contributed by atoms with E-state index in [2.05, 4.69) is 4.98 Å². The van der Waals surface area contributed by atoms with E-state index in [1.807, 2.05) is 35.4 Å². The fraction of sp³-hybridized carbons (Fsp3) is 0.238. The van der Waals surface area contributed by atoms with E-state index in [1.54, 1.807) is 19.2 Å². The van der Waals surface area contributed by atoms with Gasteiger partial charge in [-0.1, -0.05) is 12.1 Å². The summed E-state index contributed by atoms with van der Waals surface area (Å²) in [5, 5.41) is 12.7. The van der Waals surface area contributed by atoms with Crippen LogP contribution in [0.1, 0.15) is 12.0 Å². The lowest BCUT2D eigenvalue weighted by Crippen LogP contribution is -2.29.